The number of nitrogens with one attached hydrogen (secondary N) is 1. The SMILES string of the molecule is C[C@@H]1OC(=O)[C@@H](NC(=O)OC(C)(C)C)CCO[C@H](Cc2ccccc2)[C@H]1Cc1ccccc1. The monoisotopic (exact) mass is 453 g/mol. The van der Waals surface area contributed by atoms with Gasteiger partial charge in [0, 0.05) is 18.9 Å². The zero-order chi connectivity index (χ0) is 23.8. The molecular weight excluding hydrogens is 418 g/mol. The van der Waals surface area contributed by atoms with Crippen LogP contribution in [0.25, 0.3) is 0 Å². The van der Waals surface area contributed by atoms with E-state index in [1.807, 2.05) is 43.3 Å². The van der Waals surface area contributed by atoms with Crippen molar-refractivity contribution >= 4 is 12.1 Å². The molecule has 0 radical (unpaired) electrons. The fourth-order valence-electron chi connectivity index (χ4n) is 4.06. The maximum atomic E-state index is 12.9. The number of hydrogen-bond donors (Lipinski definition) is 1. The topological polar surface area (TPSA) is 73.9 Å². The number of carbonyl (C=O) groups is 2. The van der Waals surface area contributed by atoms with E-state index in [9.17, 15) is 9.59 Å². The van der Waals surface area contributed by atoms with Crippen molar-refractivity contribution in [3.63, 3.8) is 0 Å². The second kappa shape index (κ2) is 11.3. The van der Waals surface area contributed by atoms with Crippen LogP contribution in [0.5, 0.6) is 0 Å². The molecule has 1 saturated heterocycles. The Hall–Kier alpha value is -2.86. The molecule has 0 aliphatic carbocycles. The zero-order valence-corrected chi connectivity index (χ0v) is 20.0. The van der Waals surface area contributed by atoms with Gasteiger partial charge in [-0.3, -0.25) is 0 Å². The summed E-state index contributed by atoms with van der Waals surface area (Å²) in [5.74, 6) is -0.507. The lowest BCUT2D eigenvalue weighted by Gasteiger charge is -2.31. The lowest BCUT2D eigenvalue weighted by atomic mass is 9.86. The molecule has 1 N–H and O–H groups in total. The third-order valence-electron chi connectivity index (χ3n) is 5.69. The van der Waals surface area contributed by atoms with E-state index in [0.29, 0.717) is 19.4 Å². The Morgan fingerprint density at radius 2 is 1.58 bits per heavy atom. The van der Waals surface area contributed by atoms with Crippen molar-refractivity contribution in [3.8, 4) is 0 Å². The predicted octanol–water partition coefficient (Wildman–Crippen LogP) is 4.70. The van der Waals surface area contributed by atoms with Crippen LogP contribution in [0.1, 0.15) is 45.2 Å². The Morgan fingerprint density at radius 3 is 2.15 bits per heavy atom. The van der Waals surface area contributed by atoms with Crippen molar-refractivity contribution in [2.45, 2.75) is 70.8 Å². The fourth-order valence-corrected chi connectivity index (χ4v) is 4.06. The highest BCUT2D eigenvalue weighted by Gasteiger charge is 2.35. The van der Waals surface area contributed by atoms with Crippen LogP contribution in [0, 0.1) is 5.92 Å². The van der Waals surface area contributed by atoms with Gasteiger partial charge in [0.15, 0.2) is 0 Å². The highest BCUT2D eigenvalue weighted by Crippen LogP contribution is 2.26. The molecule has 1 amide bonds. The molecule has 1 heterocycles. The summed E-state index contributed by atoms with van der Waals surface area (Å²) in [6.07, 6.45) is 0.566. The molecule has 0 aromatic heterocycles. The van der Waals surface area contributed by atoms with Crippen molar-refractivity contribution < 1.29 is 23.8 Å². The molecule has 0 saturated carbocycles. The molecule has 0 unspecified atom stereocenters. The highest BCUT2D eigenvalue weighted by atomic mass is 16.6. The number of cyclic esters (lactones) is 1. The number of ether oxygens (including phenoxy) is 3. The van der Waals surface area contributed by atoms with Crippen LogP contribution in [-0.2, 0) is 31.8 Å². The van der Waals surface area contributed by atoms with E-state index in [-0.39, 0.29) is 12.0 Å². The number of amides is 1. The predicted molar refractivity (Wildman–Crippen MR) is 127 cm³/mol. The number of alkyl carbamates (subject to hydrolysis) is 1. The minimum absolute atomic E-state index is 0.0446. The van der Waals surface area contributed by atoms with E-state index in [2.05, 4.69) is 29.6 Å². The smallest absolute Gasteiger partial charge is 0.408 e. The van der Waals surface area contributed by atoms with Gasteiger partial charge in [-0.25, -0.2) is 9.59 Å². The molecular formula is C27H35NO5. The van der Waals surface area contributed by atoms with Gasteiger partial charge < -0.3 is 19.5 Å². The van der Waals surface area contributed by atoms with Crippen molar-refractivity contribution in [2.75, 3.05) is 6.61 Å². The van der Waals surface area contributed by atoms with Gasteiger partial charge in [0.05, 0.1) is 6.10 Å². The molecule has 1 aliphatic heterocycles. The van der Waals surface area contributed by atoms with E-state index in [1.165, 1.54) is 5.56 Å². The van der Waals surface area contributed by atoms with Crippen LogP contribution in [0.3, 0.4) is 0 Å². The summed E-state index contributed by atoms with van der Waals surface area (Å²) < 4.78 is 17.6. The molecule has 2 aromatic carbocycles. The first-order valence-electron chi connectivity index (χ1n) is 11.6. The lowest BCUT2D eigenvalue weighted by molar-refractivity contribution is -0.154. The van der Waals surface area contributed by atoms with Crippen LogP contribution in [0.2, 0.25) is 0 Å². The molecule has 1 aliphatic rings. The lowest BCUT2D eigenvalue weighted by Crippen LogP contribution is -2.45. The van der Waals surface area contributed by atoms with Gasteiger partial charge in [0.2, 0.25) is 0 Å². The summed E-state index contributed by atoms with van der Waals surface area (Å²) >= 11 is 0. The Balaban J connectivity index is 1.79. The summed E-state index contributed by atoms with van der Waals surface area (Å²) in [5, 5.41) is 2.65. The summed E-state index contributed by atoms with van der Waals surface area (Å²) in [6.45, 7) is 7.57. The first-order chi connectivity index (χ1) is 15.7. The first kappa shape index (κ1) is 24.8. The van der Waals surface area contributed by atoms with Gasteiger partial charge in [0.25, 0.3) is 0 Å². The fraction of sp³-hybridized carbons (Fsp3) is 0.481. The molecule has 3 rings (SSSR count). The highest BCUT2D eigenvalue weighted by molar-refractivity contribution is 5.81. The van der Waals surface area contributed by atoms with Crippen LogP contribution in [0.15, 0.2) is 60.7 Å². The van der Waals surface area contributed by atoms with Gasteiger partial charge in [-0.2, -0.15) is 0 Å². The van der Waals surface area contributed by atoms with Crippen molar-refractivity contribution in [1.29, 1.82) is 0 Å². The third kappa shape index (κ3) is 7.90. The molecule has 6 heteroatoms. The quantitative estimate of drug-likeness (QED) is 0.664. The van der Waals surface area contributed by atoms with Gasteiger partial charge in [0.1, 0.15) is 17.7 Å². The first-order valence-corrected chi connectivity index (χ1v) is 11.6. The number of benzene rings is 2. The molecule has 1 fully saturated rings. The van der Waals surface area contributed by atoms with Crippen molar-refractivity contribution in [3.05, 3.63) is 71.8 Å². The molecule has 0 bridgehead atoms. The summed E-state index contributed by atoms with van der Waals surface area (Å²) in [5.41, 5.74) is 1.68. The van der Waals surface area contributed by atoms with E-state index >= 15 is 0 Å². The standard InChI is InChI=1S/C27H35NO5/c1-19-22(17-20-11-7-5-8-12-20)24(18-21-13-9-6-10-14-21)31-16-15-23(25(29)32-19)28-26(30)33-27(2,3)4/h5-14,19,22-24H,15-18H2,1-4H3,(H,28,30)/t19-,22-,23-,24+/m0/s1. The minimum Gasteiger partial charge on any atom is -0.461 e. The van der Waals surface area contributed by atoms with E-state index < -0.39 is 29.8 Å². The summed E-state index contributed by atoms with van der Waals surface area (Å²) in [7, 11) is 0. The van der Waals surface area contributed by atoms with Crippen LogP contribution < -0.4 is 5.32 Å². The van der Waals surface area contributed by atoms with Crippen molar-refractivity contribution in [1.82, 2.24) is 5.32 Å². The Morgan fingerprint density at radius 1 is 1.00 bits per heavy atom. The van der Waals surface area contributed by atoms with Gasteiger partial charge in [-0.05, 0) is 51.7 Å². The van der Waals surface area contributed by atoms with E-state index in [1.54, 1.807) is 20.8 Å². The van der Waals surface area contributed by atoms with Crippen LogP contribution in [-0.4, -0.2) is 42.5 Å². The van der Waals surface area contributed by atoms with Gasteiger partial charge in [-0.15, -0.1) is 0 Å². The average Bonchev–Trinajstić information content (AvgIpc) is 2.80. The number of esters is 1. The second-order valence-electron chi connectivity index (χ2n) is 9.58. The molecule has 2 aromatic rings. The minimum atomic E-state index is -0.824. The Bertz CT molecular complexity index is 894. The van der Waals surface area contributed by atoms with E-state index in [4.69, 9.17) is 14.2 Å². The van der Waals surface area contributed by atoms with Crippen LogP contribution >= 0.6 is 0 Å². The average molecular weight is 454 g/mol. The van der Waals surface area contributed by atoms with E-state index in [0.717, 1.165) is 12.0 Å². The van der Waals surface area contributed by atoms with Gasteiger partial charge >= 0.3 is 12.1 Å². The number of rotatable bonds is 5. The Kier molecular flexibility index (Phi) is 8.50. The maximum Gasteiger partial charge on any atom is 0.408 e. The summed E-state index contributed by atoms with van der Waals surface area (Å²) in [4.78, 5) is 25.2. The molecule has 0 spiro atoms. The molecule has 6 nitrogen and oxygen atoms in total. The third-order valence-corrected chi connectivity index (χ3v) is 5.69. The Labute approximate surface area is 196 Å². The number of carbonyl (C=O) groups excluding carboxylic acids is 2. The largest absolute Gasteiger partial charge is 0.461 e. The van der Waals surface area contributed by atoms with Crippen LogP contribution in [0.4, 0.5) is 4.79 Å². The molecule has 178 valence electrons. The maximum absolute atomic E-state index is 12.9. The summed E-state index contributed by atoms with van der Waals surface area (Å²) in [6, 6.07) is 19.5. The zero-order valence-electron chi connectivity index (χ0n) is 20.0. The van der Waals surface area contributed by atoms with Gasteiger partial charge in [-0.1, -0.05) is 60.7 Å². The number of hydrogen-bond acceptors (Lipinski definition) is 5. The molecule has 4 atom stereocenters. The normalized spacial score (nSPS) is 24.1. The second-order valence-corrected chi connectivity index (χ2v) is 9.58. The molecule has 33 heavy (non-hydrogen) atoms. The van der Waals surface area contributed by atoms with Crippen molar-refractivity contribution in [2.24, 2.45) is 5.92 Å².